The summed E-state index contributed by atoms with van der Waals surface area (Å²) in [7, 11) is 0. The summed E-state index contributed by atoms with van der Waals surface area (Å²) in [5.74, 6) is -1.84. The molecule has 1 aliphatic rings. The molecule has 1 aliphatic carbocycles. The monoisotopic (exact) mass is 399 g/mol. The van der Waals surface area contributed by atoms with Crippen LogP contribution in [0.3, 0.4) is 0 Å². The highest BCUT2D eigenvalue weighted by molar-refractivity contribution is 6.37. The Bertz CT molecular complexity index is 567. The highest BCUT2D eigenvalue weighted by Crippen LogP contribution is 2.18. The highest BCUT2D eigenvalue weighted by Gasteiger charge is 2.28. The first-order valence-corrected chi connectivity index (χ1v) is 9.66. The quantitative estimate of drug-likeness (QED) is 0.350. The molecule has 1 rings (SSSR count). The Morgan fingerprint density at radius 1 is 1.07 bits per heavy atom. The van der Waals surface area contributed by atoms with Crippen molar-refractivity contribution in [1.82, 2.24) is 16.0 Å². The maximum absolute atomic E-state index is 12.3. The zero-order chi connectivity index (χ0) is 21.3. The summed E-state index contributed by atoms with van der Waals surface area (Å²) in [4.78, 5) is 47.7. The molecule has 1 atom stereocenters. The minimum absolute atomic E-state index is 0.0545. The molecule has 0 spiro atoms. The molecule has 1 fully saturated rings. The van der Waals surface area contributed by atoms with E-state index >= 15 is 0 Å². The molecule has 0 radical (unpaired) electrons. The maximum atomic E-state index is 12.3. The molecule has 160 valence electrons. The van der Waals surface area contributed by atoms with Crippen molar-refractivity contribution < 1.29 is 28.7 Å². The van der Waals surface area contributed by atoms with E-state index in [0.29, 0.717) is 6.42 Å². The molecule has 0 bridgehead atoms. The number of alkyl carbamates (subject to hydrolysis) is 1. The van der Waals surface area contributed by atoms with Gasteiger partial charge in [0.1, 0.15) is 12.6 Å². The number of rotatable bonds is 11. The van der Waals surface area contributed by atoms with Crippen molar-refractivity contribution in [2.24, 2.45) is 5.92 Å². The number of nitrogens with one attached hydrogen (secondary N) is 3. The van der Waals surface area contributed by atoms with E-state index in [2.05, 4.69) is 16.0 Å². The van der Waals surface area contributed by atoms with Crippen molar-refractivity contribution in [3.63, 3.8) is 0 Å². The van der Waals surface area contributed by atoms with E-state index in [9.17, 15) is 19.2 Å². The molecule has 3 amide bonds. The first-order valence-electron chi connectivity index (χ1n) is 9.66. The minimum atomic E-state index is -0.865. The van der Waals surface area contributed by atoms with Crippen LogP contribution in [-0.2, 0) is 23.9 Å². The summed E-state index contributed by atoms with van der Waals surface area (Å²) in [5.41, 5.74) is -0.335. The number of amides is 3. The second kappa shape index (κ2) is 11.0. The van der Waals surface area contributed by atoms with Crippen molar-refractivity contribution >= 4 is 23.7 Å². The van der Waals surface area contributed by atoms with Gasteiger partial charge in [-0.15, -0.1) is 0 Å². The fourth-order valence-corrected chi connectivity index (χ4v) is 2.23. The van der Waals surface area contributed by atoms with Crippen LogP contribution in [-0.4, -0.2) is 61.1 Å². The second-order valence-corrected chi connectivity index (χ2v) is 8.31. The summed E-state index contributed by atoms with van der Waals surface area (Å²) >= 11 is 0. The highest BCUT2D eigenvalue weighted by atomic mass is 16.6. The Labute approximate surface area is 166 Å². The van der Waals surface area contributed by atoms with E-state index in [1.165, 1.54) is 0 Å². The van der Waals surface area contributed by atoms with Crippen LogP contribution in [0.25, 0.3) is 0 Å². The van der Waals surface area contributed by atoms with Gasteiger partial charge in [-0.3, -0.25) is 14.4 Å². The van der Waals surface area contributed by atoms with E-state index in [4.69, 9.17) is 9.47 Å². The number of hydrogen-bond acceptors (Lipinski definition) is 6. The van der Waals surface area contributed by atoms with Crippen LogP contribution in [0, 0.1) is 5.92 Å². The molecule has 0 aromatic rings. The zero-order valence-electron chi connectivity index (χ0n) is 17.4. The standard InChI is InChI=1S/C19H33N3O6/c1-12(2)10-14(22-18(26)27-8-9-28-19(3,4)5)16(24)20-11-15(23)17(25)21-13-6-7-13/h12-14H,6-11H2,1-5H3,(H,20,24)(H,21,25)(H,22,26). The third kappa shape index (κ3) is 10.9. The first kappa shape index (κ1) is 23.9. The fourth-order valence-electron chi connectivity index (χ4n) is 2.23. The number of carbonyl (C=O) groups excluding carboxylic acids is 4. The molecular weight excluding hydrogens is 366 g/mol. The molecule has 0 heterocycles. The van der Waals surface area contributed by atoms with E-state index in [1.54, 1.807) is 0 Å². The normalized spacial score (nSPS) is 14.9. The minimum Gasteiger partial charge on any atom is -0.447 e. The number of carbonyl (C=O) groups is 4. The molecule has 0 aromatic heterocycles. The average Bonchev–Trinajstić information content (AvgIpc) is 3.38. The topological polar surface area (TPSA) is 123 Å². The molecule has 3 N–H and O–H groups in total. The molecule has 1 unspecified atom stereocenters. The lowest BCUT2D eigenvalue weighted by molar-refractivity contribution is -0.138. The van der Waals surface area contributed by atoms with Gasteiger partial charge in [-0.2, -0.15) is 0 Å². The smallest absolute Gasteiger partial charge is 0.407 e. The van der Waals surface area contributed by atoms with Gasteiger partial charge < -0.3 is 25.4 Å². The van der Waals surface area contributed by atoms with Gasteiger partial charge in [0.2, 0.25) is 11.7 Å². The van der Waals surface area contributed by atoms with Gasteiger partial charge in [0, 0.05) is 6.04 Å². The maximum Gasteiger partial charge on any atom is 0.407 e. The molecule has 9 heteroatoms. The van der Waals surface area contributed by atoms with Gasteiger partial charge in [-0.1, -0.05) is 13.8 Å². The molecule has 9 nitrogen and oxygen atoms in total. The van der Waals surface area contributed by atoms with Crippen LogP contribution in [0.15, 0.2) is 0 Å². The van der Waals surface area contributed by atoms with Gasteiger partial charge in [0.05, 0.1) is 18.8 Å². The lowest BCUT2D eigenvalue weighted by Crippen LogP contribution is -2.50. The van der Waals surface area contributed by atoms with E-state index in [0.717, 1.165) is 12.8 Å². The third-order valence-corrected chi connectivity index (χ3v) is 3.76. The van der Waals surface area contributed by atoms with Gasteiger partial charge >= 0.3 is 6.09 Å². The molecule has 0 aliphatic heterocycles. The van der Waals surface area contributed by atoms with Crippen molar-refractivity contribution in [2.45, 2.75) is 71.6 Å². The Morgan fingerprint density at radius 2 is 1.71 bits per heavy atom. The number of Topliss-reactive ketones (excluding diaryl/α,β-unsaturated/α-hetero) is 1. The lowest BCUT2D eigenvalue weighted by atomic mass is 10.0. The number of hydrogen-bond donors (Lipinski definition) is 3. The third-order valence-electron chi connectivity index (χ3n) is 3.76. The number of ketones is 1. The molecule has 1 saturated carbocycles. The molecule has 28 heavy (non-hydrogen) atoms. The summed E-state index contributed by atoms with van der Waals surface area (Å²) in [6, 6.07) is -0.796. The van der Waals surface area contributed by atoms with Crippen LogP contribution in [0.4, 0.5) is 4.79 Å². The lowest BCUT2D eigenvalue weighted by Gasteiger charge is -2.21. The fraction of sp³-hybridized carbons (Fsp3) is 0.789. The van der Waals surface area contributed by atoms with Crippen LogP contribution >= 0.6 is 0 Å². The summed E-state index contributed by atoms with van der Waals surface area (Å²) in [6.45, 7) is 9.36. The first-order chi connectivity index (χ1) is 13.0. The Morgan fingerprint density at radius 3 is 2.25 bits per heavy atom. The van der Waals surface area contributed by atoms with E-state index in [1.807, 2.05) is 34.6 Å². The molecular formula is C19H33N3O6. The summed E-state index contributed by atoms with van der Waals surface area (Å²) in [6.07, 6.45) is 1.36. The van der Waals surface area contributed by atoms with Crippen LogP contribution in [0.2, 0.25) is 0 Å². The Kier molecular flexibility index (Phi) is 9.37. The van der Waals surface area contributed by atoms with Crippen molar-refractivity contribution in [3.05, 3.63) is 0 Å². The average molecular weight is 399 g/mol. The van der Waals surface area contributed by atoms with Crippen molar-refractivity contribution in [1.29, 1.82) is 0 Å². The van der Waals surface area contributed by atoms with Gasteiger partial charge in [0.15, 0.2) is 0 Å². The van der Waals surface area contributed by atoms with E-state index < -0.39 is 36.3 Å². The predicted octanol–water partition coefficient (Wildman–Crippen LogP) is 0.906. The summed E-state index contributed by atoms with van der Waals surface area (Å²) in [5, 5.41) is 7.48. The van der Waals surface area contributed by atoms with Gasteiger partial charge in [-0.05, 0) is 46.0 Å². The van der Waals surface area contributed by atoms with Crippen molar-refractivity contribution in [3.8, 4) is 0 Å². The van der Waals surface area contributed by atoms with Crippen LogP contribution in [0.1, 0.15) is 53.9 Å². The summed E-state index contributed by atoms with van der Waals surface area (Å²) < 4.78 is 10.5. The SMILES string of the molecule is CC(C)CC(NC(=O)OCCOC(C)(C)C)C(=O)NCC(=O)C(=O)NC1CC1. The van der Waals surface area contributed by atoms with Gasteiger partial charge in [0.25, 0.3) is 5.91 Å². The van der Waals surface area contributed by atoms with E-state index in [-0.39, 0.29) is 30.8 Å². The van der Waals surface area contributed by atoms with Crippen LogP contribution in [0.5, 0.6) is 0 Å². The zero-order valence-corrected chi connectivity index (χ0v) is 17.4. The Balaban J connectivity index is 2.42. The second-order valence-electron chi connectivity index (χ2n) is 8.31. The van der Waals surface area contributed by atoms with Crippen LogP contribution < -0.4 is 16.0 Å². The van der Waals surface area contributed by atoms with Gasteiger partial charge in [-0.25, -0.2) is 4.79 Å². The molecule has 0 saturated heterocycles. The predicted molar refractivity (Wildman–Crippen MR) is 103 cm³/mol. The largest absolute Gasteiger partial charge is 0.447 e. The molecule has 0 aromatic carbocycles. The van der Waals surface area contributed by atoms with Crippen molar-refractivity contribution in [2.75, 3.05) is 19.8 Å². The number of ether oxygens (including phenoxy) is 2. The Hall–Kier alpha value is -2.16.